The largest absolute Gasteiger partial charge is 0.397 e. The number of benzene rings is 4. The van der Waals surface area contributed by atoms with Crippen LogP contribution < -0.4 is 21.3 Å². The van der Waals surface area contributed by atoms with Crippen LogP contribution in [0.2, 0.25) is 0 Å². The maximum absolute atomic E-state index is 12.7. The van der Waals surface area contributed by atoms with Gasteiger partial charge in [0.2, 0.25) is 11.8 Å². The van der Waals surface area contributed by atoms with Crippen LogP contribution in [0, 0.1) is 10.1 Å². The second kappa shape index (κ2) is 18.6. The minimum absolute atomic E-state index is 0.0287. The van der Waals surface area contributed by atoms with Gasteiger partial charge in [-0.1, -0.05) is 55.0 Å². The molecule has 0 spiro atoms. The number of carbonyl (C=O) groups excluding carboxylic acids is 2. The van der Waals surface area contributed by atoms with Gasteiger partial charge >= 0.3 is 0 Å². The summed E-state index contributed by atoms with van der Waals surface area (Å²) in [5, 5.41) is 26.4. The van der Waals surface area contributed by atoms with Crippen molar-refractivity contribution in [2.45, 2.75) is 63.6 Å². The molecule has 284 valence electrons. The van der Waals surface area contributed by atoms with E-state index in [1.165, 1.54) is 0 Å². The summed E-state index contributed by atoms with van der Waals surface area (Å²) in [6.45, 7) is 3.94. The van der Waals surface area contributed by atoms with E-state index in [4.69, 9.17) is 15.2 Å². The van der Waals surface area contributed by atoms with Crippen molar-refractivity contribution in [3.05, 3.63) is 124 Å². The minimum Gasteiger partial charge on any atom is -0.397 e. The number of nitro benzene ring substituents is 1. The van der Waals surface area contributed by atoms with Gasteiger partial charge in [0, 0.05) is 81.1 Å². The summed E-state index contributed by atoms with van der Waals surface area (Å²) >= 11 is 0. The first-order valence-corrected chi connectivity index (χ1v) is 18.5. The van der Waals surface area contributed by atoms with Gasteiger partial charge in [0.15, 0.2) is 6.29 Å². The van der Waals surface area contributed by atoms with E-state index in [0.717, 1.165) is 61.5 Å². The molecule has 2 heterocycles. The summed E-state index contributed by atoms with van der Waals surface area (Å²) in [5.74, 6) is -0.185. The summed E-state index contributed by atoms with van der Waals surface area (Å²) in [4.78, 5) is 40.2. The summed E-state index contributed by atoms with van der Waals surface area (Å²) in [6, 6.07) is 29.2. The van der Waals surface area contributed by atoms with Crippen molar-refractivity contribution in [1.29, 1.82) is 0 Å². The fourth-order valence-corrected chi connectivity index (χ4v) is 6.81. The monoisotopic (exact) mass is 736 g/mol. The van der Waals surface area contributed by atoms with Gasteiger partial charge in [-0.3, -0.25) is 24.6 Å². The van der Waals surface area contributed by atoms with Gasteiger partial charge in [0.05, 0.1) is 35.1 Å². The van der Waals surface area contributed by atoms with Crippen LogP contribution in [0.5, 0.6) is 0 Å². The van der Waals surface area contributed by atoms with Gasteiger partial charge in [-0.05, 0) is 60.4 Å². The van der Waals surface area contributed by atoms with Crippen molar-refractivity contribution in [3.63, 3.8) is 0 Å². The normalized spacial score (nSPS) is 18.9. The molecule has 0 bridgehead atoms. The fourth-order valence-electron chi connectivity index (χ4n) is 6.81. The van der Waals surface area contributed by atoms with Gasteiger partial charge in [-0.25, -0.2) is 0 Å². The first-order chi connectivity index (χ1) is 26.2. The second-order valence-electron chi connectivity index (χ2n) is 13.8. The van der Waals surface area contributed by atoms with Crippen molar-refractivity contribution in [3.8, 4) is 0 Å². The third kappa shape index (κ3) is 10.6. The van der Waals surface area contributed by atoms with Gasteiger partial charge in [-0.2, -0.15) is 0 Å². The van der Waals surface area contributed by atoms with Crippen molar-refractivity contribution in [1.82, 2.24) is 4.90 Å². The predicted octanol–water partition coefficient (Wildman–Crippen LogP) is 6.56. The van der Waals surface area contributed by atoms with Crippen molar-refractivity contribution >= 4 is 40.3 Å². The lowest BCUT2D eigenvalue weighted by Gasteiger charge is -2.41. The van der Waals surface area contributed by atoms with E-state index in [1.54, 1.807) is 36.4 Å². The maximum Gasteiger partial charge on any atom is 0.269 e. The van der Waals surface area contributed by atoms with E-state index in [0.29, 0.717) is 49.2 Å². The number of amides is 2. The second-order valence-corrected chi connectivity index (χ2v) is 13.8. The highest BCUT2D eigenvalue weighted by Gasteiger charge is 2.34. The number of aliphatic hydroxyl groups excluding tert-OH is 1. The molecule has 5 N–H and O–H groups in total. The molecule has 2 aliphatic heterocycles. The number of ether oxygens (including phenoxy) is 2. The number of nitrogens with one attached hydrogen (secondary N) is 2. The Hall–Kier alpha value is -5.34. The van der Waals surface area contributed by atoms with E-state index in [-0.39, 0.29) is 41.2 Å². The molecule has 3 atom stereocenters. The SMILES string of the molecule is Nc1ccccc1NC(=O)CCCCCC(=O)Nc1ccc(C2OC(CN3CCN(c4ccc([N+](=O)[O-])cc4)CC3)CC(c3ccc(CO)cc3)O2)cc1. The van der Waals surface area contributed by atoms with E-state index < -0.39 is 6.29 Å². The van der Waals surface area contributed by atoms with Crippen LogP contribution in [0.25, 0.3) is 0 Å². The first kappa shape index (κ1) is 38.4. The molecule has 0 radical (unpaired) electrons. The Bertz CT molecular complexity index is 1850. The zero-order valence-corrected chi connectivity index (χ0v) is 30.3. The molecule has 2 saturated heterocycles. The van der Waals surface area contributed by atoms with Crippen molar-refractivity contribution < 1.29 is 29.1 Å². The molecule has 0 saturated carbocycles. The molecule has 0 aromatic heterocycles. The Balaban J connectivity index is 0.996. The van der Waals surface area contributed by atoms with Crippen LogP contribution in [0.3, 0.4) is 0 Å². The average molecular weight is 737 g/mol. The summed E-state index contributed by atoms with van der Waals surface area (Å²) in [7, 11) is 0. The van der Waals surface area contributed by atoms with E-state index in [1.807, 2.05) is 60.7 Å². The number of rotatable bonds is 15. The van der Waals surface area contributed by atoms with Crippen molar-refractivity contribution in [2.24, 2.45) is 0 Å². The van der Waals surface area contributed by atoms with Gasteiger partial charge < -0.3 is 35.8 Å². The molecule has 6 rings (SSSR count). The number of unbranched alkanes of at least 4 members (excludes halogenated alkanes) is 2. The number of piperazine rings is 1. The third-order valence-corrected chi connectivity index (χ3v) is 9.88. The van der Waals surface area contributed by atoms with Crippen LogP contribution in [0.4, 0.5) is 28.4 Å². The highest BCUT2D eigenvalue weighted by atomic mass is 16.7. The molecule has 13 nitrogen and oxygen atoms in total. The highest BCUT2D eigenvalue weighted by molar-refractivity contribution is 5.93. The number of hydrogen-bond acceptors (Lipinski definition) is 10. The lowest BCUT2D eigenvalue weighted by molar-refractivity contribution is -0.384. The number of hydrogen-bond donors (Lipinski definition) is 4. The fraction of sp³-hybridized carbons (Fsp3) is 0.366. The van der Waals surface area contributed by atoms with Crippen LogP contribution in [0.15, 0.2) is 97.1 Å². The molecule has 4 aromatic carbocycles. The number of nitrogens with zero attached hydrogens (tertiary/aromatic N) is 3. The molecular weight excluding hydrogens is 688 g/mol. The smallest absolute Gasteiger partial charge is 0.269 e. The lowest BCUT2D eigenvalue weighted by Crippen LogP contribution is -2.49. The van der Waals surface area contributed by atoms with Gasteiger partial charge in [0.25, 0.3) is 5.69 Å². The molecule has 2 fully saturated rings. The van der Waals surface area contributed by atoms with Crippen LogP contribution in [0.1, 0.15) is 67.6 Å². The first-order valence-electron chi connectivity index (χ1n) is 18.5. The maximum atomic E-state index is 12.7. The summed E-state index contributed by atoms with van der Waals surface area (Å²) in [6.07, 6.45) is 2.52. The summed E-state index contributed by atoms with van der Waals surface area (Å²) < 4.78 is 13.1. The Morgan fingerprint density at radius 2 is 1.44 bits per heavy atom. The quantitative estimate of drug-likeness (QED) is 0.0453. The Morgan fingerprint density at radius 3 is 2.09 bits per heavy atom. The molecule has 4 aromatic rings. The molecule has 3 unspecified atom stereocenters. The van der Waals surface area contributed by atoms with Gasteiger partial charge in [0.1, 0.15) is 0 Å². The molecule has 54 heavy (non-hydrogen) atoms. The average Bonchev–Trinajstić information content (AvgIpc) is 3.19. The number of nitrogen functional groups attached to an aromatic ring is 1. The van der Waals surface area contributed by atoms with E-state index >= 15 is 0 Å². The number of para-hydroxylation sites is 2. The highest BCUT2D eigenvalue weighted by Crippen LogP contribution is 2.38. The number of non-ortho nitro benzene ring substituents is 1. The number of aliphatic hydroxyl groups is 1. The summed E-state index contributed by atoms with van der Waals surface area (Å²) in [5.41, 5.74) is 11.5. The molecule has 0 aliphatic carbocycles. The molecule has 2 amide bonds. The van der Waals surface area contributed by atoms with Crippen LogP contribution >= 0.6 is 0 Å². The number of nitrogens with two attached hydrogens (primary N) is 1. The Labute approximate surface area is 315 Å². The standard InChI is InChI=1S/C41H48N6O7/c42-36-6-4-5-7-37(36)44-40(50)9-3-1-2-8-39(49)43-32-16-14-31(15-17-32)41-53-35(26-38(54-41)30-12-10-29(28-48)11-13-30)27-45-22-24-46(25-23-45)33-18-20-34(21-19-33)47(51)52/h4-7,10-21,35,38,41,48H,1-3,8-9,22-28,42H2,(H,43,49)(H,44,50). The Kier molecular flexibility index (Phi) is 13.2. The topological polar surface area (TPSA) is 173 Å². The lowest BCUT2D eigenvalue weighted by atomic mass is 9.99. The van der Waals surface area contributed by atoms with Crippen LogP contribution in [-0.4, -0.2) is 65.6 Å². The van der Waals surface area contributed by atoms with Gasteiger partial charge in [-0.15, -0.1) is 0 Å². The van der Waals surface area contributed by atoms with E-state index in [2.05, 4.69) is 20.4 Å². The molecule has 2 aliphatic rings. The number of carbonyl (C=O) groups is 2. The minimum atomic E-state index is -0.618. The zero-order valence-electron chi connectivity index (χ0n) is 30.3. The third-order valence-electron chi connectivity index (χ3n) is 9.88. The predicted molar refractivity (Wildman–Crippen MR) is 208 cm³/mol. The Morgan fingerprint density at radius 1 is 0.796 bits per heavy atom. The zero-order chi connectivity index (χ0) is 37.9. The van der Waals surface area contributed by atoms with E-state index in [9.17, 15) is 24.8 Å². The number of nitro groups is 1. The van der Waals surface area contributed by atoms with Crippen molar-refractivity contribution in [2.75, 3.05) is 54.0 Å². The number of anilines is 4. The van der Waals surface area contributed by atoms with Crippen LogP contribution in [-0.2, 0) is 25.7 Å². The molecule has 13 heteroatoms. The molecular formula is C41H48N6O7.